The Morgan fingerprint density at radius 2 is 2.14 bits per heavy atom. The maximum Gasteiger partial charge on any atom is 0.233 e. The van der Waals surface area contributed by atoms with Gasteiger partial charge in [-0.05, 0) is 44.7 Å². The number of aromatic nitrogens is 3. The van der Waals surface area contributed by atoms with Gasteiger partial charge >= 0.3 is 0 Å². The van der Waals surface area contributed by atoms with Crippen LogP contribution >= 0.6 is 0 Å². The summed E-state index contributed by atoms with van der Waals surface area (Å²) in [6, 6.07) is 3.00. The van der Waals surface area contributed by atoms with E-state index in [9.17, 15) is 0 Å². The van der Waals surface area contributed by atoms with Gasteiger partial charge in [0.25, 0.3) is 0 Å². The molecule has 0 aromatic carbocycles. The van der Waals surface area contributed by atoms with E-state index >= 15 is 0 Å². The molecular weight excluding hydrogens is 262 g/mol. The molecule has 1 aliphatic rings. The van der Waals surface area contributed by atoms with Gasteiger partial charge in [-0.1, -0.05) is 6.92 Å². The molecule has 2 heterocycles. The van der Waals surface area contributed by atoms with E-state index in [1.807, 2.05) is 16.7 Å². The SMILES string of the molecule is CCCN(Cc1cn2cccnc2n1)C1CCC(N)CC1. The van der Waals surface area contributed by atoms with Gasteiger partial charge in [-0.15, -0.1) is 0 Å². The van der Waals surface area contributed by atoms with Crippen LogP contribution in [0.2, 0.25) is 0 Å². The van der Waals surface area contributed by atoms with Crippen molar-refractivity contribution in [2.45, 2.75) is 57.7 Å². The van der Waals surface area contributed by atoms with Gasteiger partial charge in [0.1, 0.15) is 0 Å². The monoisotopic (exact) mass is 287 g/mol. The molecule has 0 aliphatic heterocycles. The molecule has 3 rings (SSSR count). The Bertz CT molecular complexity index is 538. The zero-order valence-electron chi connectivity index (χ0n) is 12.8. The Balaban J connectivity index is 1.72. The normalized spacial score (nSPS) is 23.0. The Morgan fingerprint density at radius 1 is 1.33 bits per heavy atom. The molecule has 1 fully saturated rings. The van der Waals surface area contributed by atoms with Crippen LogP contribution in [0.1, 0.15) is 44.7 Å². The lowest BCUT2D eigenvalue weighted by Crippen LogP contribution is -2.40. The third-order valence-corrected chi connectivity index (χ3v) is 4.42. The van der Waals surface area contributed by atoms with Crippen molar-refractivity contribution >= 4 is 5.78 Å². The minimum absolute atomic E-state index is 0.407. The van der Waals surface area contributed by atoms with Gasteiger partial charge in [0.2, 0.25) is 5.78 Å². The second kappa shape index (κ2) is 6.54. The van der Waals surface area contributed by atoms with E-state index in [0.29, 0.717) is 12.1 Å². The number of hydrogen-bond donors (Lipinski definition) is 1. The zero-order chi connectivity index (χ0) is 14.7. The third-order valence-electron chi connectivity index (χ3n) is 4.42. The molecule has 0 unspecified atom stereocenters. The first-order valence-corrected chi connectivity index (χ1v) is 8.04. The number of nitrogens with zero attached hydrogens (tertiary/aromatic N) is 4. The van der Waals surface area contributed by atoms with Gasteiger partial charge in [0.05, 0.1) is 5.69 Å². The van der Waals surface area contributed by atoms with Crippen molar-refractivity contribution in [3.05, 3.63) is 30.4 Å². The lowest BCUT2D eigenvalue weighted by Gasteiger charge is -2.35. The molecule has 0 atom stereocenters. The summed E-state index contributed by atoms with van der Waals surface area (Å²) in [7, 11) is 0. The van der Waals surface area contributed by atoms with Crippen LogP contribution in [0.3, 0.4) is 0 Å². The smallest absolute Gasteiger partial charge is 0.233 e. The molecular formula is C16H25N5. The van der Waals surface area contributed by atoms with Crippen LogP contribution in [0.15, 0.2) is 24.7 Å². The van der Waals surface area contributed by atoms with E-state index in [1.54, 1.807) is 6.20 Å². The highest BCUT2D eigenvalue weighted by atomic mass is 15.2. The molecule has 1 saturated carbocycles. The summed E-state index contributed by atoms with van der Waals surface area (Å²) in [5.74, 6) is 0.787. The van der Waals surface area contributed by atoms with Gasteiger partial charge in [-0.3, -0.25) is 9.30 Å². The maximum absolute atomic E-state index is 6.03. The largest absolute Gasteiger partial charge is 0.328 e. The van der Waals surface area contributed by atoms with Gasteiger partial charge in [-0.25, -0.2) is 9.97 Å². The molecule has 2 N–H and O–H groups in total. The first-order valence-electron chi connectivity index (χ1n) is 8.04. The standard InChI is InChI=1S/C16H25N5/c1-2-9-20(15-6-4-13(17)5-7-15)11-14-12-21-10-3-8-18-16(21)19-14/h3,8,10,12-13,15H,2,4-7,9,11,17H2,1H3. The second-order valence-corrected chi connectivity index (χ2v) is 6.10. The molecule has 21 heavy (non-hydrogen) atoms. The fourth-order valence-electron chi connectivity index (χ4n) is 3.31. The quantitative estimate of drug-likeness (QED) is 0.916. The predicted molar refractivity (Wildman–Crippen MR) is 83.9 cm³/mol. The fourth-order valence-corrected chi connectivity index (χ4v) is 3.31. The van der Waals surface area contributed by atoms with E-state index in [4.69, 9.17) is 5.73 Å². The van der Waals surface area contributed by atoms with Crippen LogP contribution < -0.4 is 5.73 Å². The average molecular weight is 287 g/mol. The van der Waals surface area contributed by atoms with Crippen molar-refractivity contribution in [3.8, 4) is 0 Å². The van der Waals surface area contributed by atoms with Crippen LogP contribution in [0.25, 0.3) is 5.78 Å². The van der Waals surface area contributed by atoms with Gasteiger partial charge in [0.15, 0.2) is 0 Å². The summed E-state index contributed by atoms with van der Waals surface area (Å²) >= 11 is 0. The van der Waals surface area contributed by atoms with Crippen molar-refractivity contribution in [2.75, 3.05) is 6.54 Å². The summed E-state index contributed by atoms with van der Waals surface area (Å²) in [4.78, 5) is 11.5. The summed E-state index contributed by atoms with van der Waals surface area (Å²) in [5.41, 5.74) is 7.14. The highest BCUT2D eigenvalue weighted by molar-refractivity contribution is 5.29. The van der Waals surface area contributed by atoms with Crippen LogP contribution in [0.4, 0.5) is 0 Å². The molecule has 0 bridgehead atoms. The summed E-state index contributed by atoms with van der Waals surface area (Å²) in [6.07, 6.45) is 11.8. The topological polar surface area (TPSA) is 59.5 Å². The van der Waals surface area contributed by atoms with Crippen LogP contribution in [0, 0.1) is 0 Å². The molecule has 2 aromatic rings. The molecule has 0 amide bonds. The van der Waals surface area contributed by atoms with Crippen LogP contribution in [-0.2, 0) is 6.54 Å². The molecule has 0 saturated heterocycles. The van der Waals surface area contributed by atoms with Crippen molar-refractivity contribution in [3.63, 3.8) is 0 Å². The minimum Gasteiger partial charge on any atom is -0.328 e. The van der Waals surface area contributed by atoms with Gasteiger partial charge < -0.3 is 5.73 Å². The van der Waals surface area contributed by atoms with Crippen molar-refractivity contribution in [1.82, 2.24) is 19.3 Å². The Labute approximate surface area is 126 Å². The lowest BCUT2D eigenvalue weighted by molar-refractivity contribution is 0.140. The van der Waals surface area contributed by atoms with E-state index in [2.05, 4.69) is 28.0 Å². The number of hydrogen-bond acceptors (Lipinski definition) is 4. The lowest BCUT2D eigenvalue weighted by atomic mass is 9.90. The summed E-state index contributed by atoms with van der Waals surface area (Å²) in [5, 5.41) is 0. The molecule has 1 aliphatic carbocycles. The summed E-state index contributed by atoms with van der Waals surface area (Å²) < 4.78 is 2.00. The minimum atomic E-state index is 0.407. The van der Waals surface area contributed by atoms with Crippen molar-refractivity contribution < 1.29 is 0 Å². The van der Waals surface area contributed by atoms with E-state index in [1.165, 1.54) is 19.3 Å². The van der Waals surface area contributed by atoms with Crippen molar-refractivity contribution in [2.24, 2.45) is 5.73 Å². The van der Waals surface area contributed by atoms with E-state index in [-0.39, 0.29) is 0 Å². The number of rotatable bonds is 5. The Morgan fingerprint density at radius 3 is 2.86 bits per heavy atom. The molecule has 5 heteroatoms. The Hall–Kier alpha value is -1.46. The number of fused-ring (bicyclic) bond motifs is 1. The van der Waals surface area contributed by atoms with E-state index < -0.39 is 0 Å². The maximum atomic E-state index is 6.03. The van der Waals surface area contributed by atoms with Crippen molar-refractivity contribution in [1.29, 1.82) is 0 Å². The Kier molecular flexibility index (Phi) is 4.51. The molecule has 114 valence electrons. The summed E-state index contributed by atoms with van der Waals surface area (Å²) in [6.45, 7) is 4.28. The number of imidazole rings is 1. The molecule has 0 spiro atoms. The third kappa shape index (κ3) is 3.41. The van der Waals surface area contributed by atoms with Crippen LogP contribution in [0.5, 0.6) is 0 Å². The molecule has 0 radical (unpaired) electrons. The predicted octanol–water partition coefficient (Wildman–Crippen LogP) is 2.21. The highest BCUT2D eigenvalue weighted by Gasteiger charge is 2.24. The fraction of sp³-hybridized carbons (Fsp3) is 0.625. The number of nitrogens with two attached hydrogens (primary N) is 1. The van der Waals surface area contributed by atoms with Gasteiger partial charge in [0, 0.05) is 37.2 Å². The molecule has 5 nitrogen and oxygen atoms in total. The van der Waals surface area contributed by atoms with Gasteiger partial charge in [-0.2, -0.15) is 0 Å². The molecule has 2 aromatic heterocycles. The highest BCUT2D eigenvalue weighted by Crippen LogP contribution is 2.23. The zero-order valence-corrected chi connectivity index (χ0v) is 12.8. The first kappa shape index (κ1) is 14.5. The first-order chi connectivity index (χ1) is 10.3. The van der Waals surface area contributed by atoms with E-state index in [0.717, 1.165) is 37.4 Å². The average Bonchev–Trinajstić information content (AvgIpc) is 2.90. The second-order valence-electron chi connectivity index (χ2n) is 6.10. The van der Waals surface area contributed by atoms with Crippen LogP contribution in [-0.4, -0.2) is 37.9 Å².